The highest BCUT2D eigenvalue weighted by Crippen LogP contribution is 2.20. The highest BCUT2D eigenvalue weighted by Gasteiger charge is 2.11. The van der Waals surface area contributed by atoms with E-state index < -0.39 is 6.23 Å². The molecule has 0 saturated heterocycles. The molecule has 0 bridgehead atoms. The van der Waals surface area contributed by atoms with Gasteiger partial charge in [0.25, 0.3) is 11.1 Å². The van der Waals surface area contributed by atoms with Crippen molar-refractivity contribution in [1.29, 1.82) is 0 Å². The molecule has 2 atom stereocenters. The first-order valence-corrected chi connectivity index (χ1v) is 8.15. The highest BCUT2D eigenvalue weighted by atomic mass is 32.1. The number of thiazole rings is 1. The molecule has 120 valence electrons. The van der Waals surface area contributed by atoms with Crippen LogP contribution >= 0.6 is 11.3 Å². The first-order valence-electron chi connectivity index (χ1n) is 7.33. The Balaban J connectivity index is 2.26. The monoisotopic (exact) mass is 315 g/mol. The molecule has 4 N–H and O–H groups in total. The number of hydrogen-bond donors (Lipinski definition) is 3. The Morgan fingerprint density at radius 1 is 1.57 bits per heavy atom. The molecule has 0 aliphatic carbocycles. The average Bonchev–Trinajstić information content (AvgIpc) is 2.91. The van der Waals surface area contributed by atoms with Gasteiger partial charge in [-0.1, -0.05) is 31.6 Å². The zero-order valence-electron chi connectivity index (χ0n) is 12.7. The van der Waals surface area contributed by atoms with Gasteiger partial charge in [-0.3, -0.25) is 4.79 Å². The van der Waals surface area contributed by atoms with Gasteiger partial charge >= 0.3 is 0 Å². The van der Waals surface area contributed by atoms with Crippen LogP contribution in [0.1, 0.15) is 49.2 Å². The van der Waals surface area contributed by atoms with Gasteiger partial charge in [0, 0.05) is 13.0 Å². The van der Waals surface area contributed by atoms with E-state index in [0.29, 0.717) is 29.0 Å². The van der Waals surface area contributed by atoms with Gasteiger partial charge in [0.2, 0.25) is 0 Å². The summed E-state index contributed by atoms with van der Waals surface area (Å²) in [5.41, 5.74) is 5.20. The molecular weight excluding hydrogens is 290 g/mol. The molecule has 7 heteroatoms. The number of aliphatic hydroxyl groups is 1. The Labute approximate surface area is 129 Å². The van der Waals surface area contributed by atoms with Gasteiger partial charge in [-0.05, 0) is 18.8 Å². The lowest BCUT2D eigenvalue weighted by atomic mass is 10.0. The predicted octanol–water partition coefficient (Wildman–Crippen LogP) is 1.75. The van der Waals surface area contributed by atoms with Gasteiger partial charge in [0.15, 0.2) is 0 Å². The fraction of sp³-hybridized carbons (Fsp3) is 0.714. The maximum absolute atomic E-state index is 11.9. The molecule has 0 saturated carbocycles. The van der Waals surface area contributed by atoms with Crippen molar-refractivity contribution < 1.29 is 14.6 Å². The first-order chi connectivity index (χ1) is 10.0. The lowest BCUT2D eigenvalue weighted by molar-refractivity contribution is 0.0956. The topological polar surface area (TPSA) is 97.5 Å². The van der Waals surface area contributed by atoms with Crippen molar-refractivity contribution in [2.24, 2.45) is 11.7 Å². The second kappa shape index (κ2) is 9.70. The molecule has 1 amide bonds. The number of rotatable bonds is 10. The van der Waals surface area contributed by atoms with Gasteiger partial charge in [-0.2, -0.15) is 0 Å². The van der Waals surface area contributed by atoms with Crippen molar-refractivity contribution in [1.82, 2.24) is 10.3 Å². The summed E-state index contributed by atoms with van der Waals surface area (Å²) in [4.78, 5) is 16.4. The molecule has 6 nitrogen and oxygen atoms in total. The number of nitrogens with two attached hydrogens (primary N) is 1. The van der Waals surface area contributed by atoms with Crippen LogP contribution in [-0.4, -0.2) is 35.4 Å². The highest BCUT2D eigenvalue weighted by molar-refractivity contribution is 7.15. The van der Waals surface area contributed by atoms with E-state index in [2.05, 4.69) is 24.1 Å². The summed E-state index contributed by atoms with van der Waals surface area (Å²) in [5.74, 6) is 0.577. The summed E-state index contributed by atoms with van der Waals surface area (Å²) >= 11 is 1.19. The second-order valence-electron chi connectivity index (χ2n) is 5.11. The largest absolute Gasteiger partial charge is 0.470 e. The normalized spacial score (nSPS) is 13.7. The molecule has 0 aliphatic heterocycles. The van der Waals surface area contributed by atoms with Crippen molar-refractivity contribution in [2.45, 2.75) is 45.8 Å². The number of nitrogens with one attached hydrogen (secondary N) is 1. The van der Waals surface area contributed by atoms with Crippen molar-refractivity contribution in [3.63, 3.8) is 0 Å². The van der Waals surface area contributed by atoms with Crippen LogP contribution in [-0.2, 0) is 0 Å². The van der Waals surface area contributed by atoms with Gasteiger partial charge in [0.1, 0.15) is 11.1 Å². The van der Waals surface area contributed by atoms with Gasteiger partial charge < -0.3 is 20.9 Å². The minimum atomic E-state index is -0.891. The van der Waals surface area contributed by atoms with Gasteiger partial charge in [-0.25, -0.2) is 4.98 Å². The number of nitrogens with zero attached hydrogens (tertiary/aromatic N) is 1. The number of hydrogen-bond acceptors (Lipinski definition) is 6. The predicted molar refractivity (Wildman–Crippen MR) is 83.4 cm³/mol. The molecule has 0 aliphatic rings. The Morgan fingerprint density at radius 2 is 2.33 bits per heavy atom. The first kappa shape index (κ1) is 17.9. The number of aromatic nitrogens is 1. The van der Waals surface area contributed by atoms with E-state index >= 15 is 0 Å². The summed E-state index contributed by atoms with van der Waals surface area (Å²) in [6.45, 7) is 5.34. The maximum Gasteiger partial charge on any atom is 0.273 e. The Morgan fingerprint density at radius 3 is 3.00 bits per heavy atom. The van der Waals surface area contributed by atoms with E-state index in [1.54, 1.807) is 0 Å². The third-order valence-corrected chi connectivity index (χ3v) is 4.11. The van der Waals surface area contributed by atoms with Crippen molar-refractivity contribution in [3.05, 3.63) is 11.1 Å². The minimum absolute atomic E-state index is 0.120. The summed E-state index contributed by atoms with van der Waals surface area (Å²) < 4.78 is 5.31. The maximum atomic E-state index is 11.9. The third kappa shape index (κ3) is 7.40. The standard InChI is InChI=1S/C14H25N3O3S/c1-3-10(2)5-4-7-16-13(19)11-9-17-14(21-11)20-8-6-12(15)18/h9-10,12,18H,3-8,15H2,1-2H3,(H,16,19). The molecular formula is C14H25N3O3S. The molecule has 1 heterocycles. The van der Waals surface area contributed by atoms with Crippen molar-refractivity contribution in [2.75, 3.05) is 13.2 Å². The lowest BCUT2D eigenvalue weighted by Gasteiger charge is -2.08. The van der Waals surface area contributed by atoms with Crippen LogP contribution in [0.5, 0.6) is 5.19 Å². The van der Waals surface area contributed by atoms with E-state index in [1.807, 2.05) is 0 Å². The molecule has 0 aromatic carbocycles. The van der Waals surface area contributed by atoms with Crippen LogP contribution in [0, 0.1) is 5.92 Å². The zero-order chi connectivity index (χ0) is 15.7. The molecule has 1 rings (SSSR count). The Hall–Kier alpha value is -1.18. The lowest BCUT2D eigenvalue weighted by Crippen LogP contribution is -2.23. The van der Waals surface area contributed by atoms with E-state index in [4.69, 9.17) is 15.6 Å². The molecule has 0 radical (unpaired) electrons. The smallest absolute Gasteiger partial charge is 0.273 e. The second-order valence-corrected chi connectivity index (χ2v) is 6.10. The fourth-order valence-electron chi connectivity index (χ4n) is 1.64. The molecule has 2 unspecified atom stereocenters. The van der Waals surface area contributed by atoms with Crippen molar-refractivity contribution >= 4 is 17.2 Å². The molecule has 0 spiro atoms. The minimum Gasteiger partial charge on any atom is -0.470 e. The van der Waals surface area contributed by atoms with Crippen LogP contribution in [0.2, 0.25) is 0 Å². The molecule has 21 heavy (non-hydrogen) atoms. The van der Waals surface area contributed by atoms with Crippen LogP contribution < -0.4 is 15.8 Å². The number of carbonyl (C=O) groups is 1. The van der Waals surface area contributed by atoms with Crippen LogP contribution in [0.25, 0.3) is 0 Å². The Bertz CT molecular complexity index is 423. The SMILES string of the molecule is CCC(C)CCCNC(=O)c1cnc(OCCC(N)O)s1. The third-order valence-electron chi connectivity index (χ3n) is 3.20. The van der Waals surface area contributed by atoms with E-state index in [0.717, 1.165) is 12.8 Å². The average molecular weight is 315 g/mol. The number of amides is 1. The number of carbonyl (C=O) groups excluding carboxylic acids is 1. The Kier molecular flexibility index (Phi) is 8.26. The summed E-state index contributed by atoms with van der Waals surface area (Å²) in [5, 5.41) is 12.2. The summed E-state index contributed by atoms with van der Waals surface area (Å²) in [7, 11) is 0. The van der Waals surface area contributed by atoms with Crippen molar-refractivity contribution in [3.8, 4) is 5.19 Å². The van der Waals surface area contributed by atoms with E-state index in [1.165, 1.54) is 24.0 Å². The zero-order valence-corrected chi connectivity index (χ0v) is 13.5. The van der Waals surface area contributed by atoms with E-state index in [9.17, 15) is 4.79 Å². The molecule has 0 fully saturated rings. The summed E-state index contributed by atoms with van der Waals surface area (Å²) in [6.07, 6.45) is 4.21. The number of ether oxygens (including phenoxy) is 1. The van der Waals surface area contributed by atoms with Gasteiger partial charge in [-0.15, -0.1) is 0 Å². The molecule has 1 aromatic heterocycles. The van der Waals surface area contributed by atoms with E-state index in [-0.39, 0.29) is 12.5 Å². The summed E-state index contributed by atoms with van der Waals surface area (Å²) in [6, 6.07) is 0. The molecule has 1 aromatic rings. The van der Waals surface area contributed by atoms with Crippen LogP contribution in [0.15, 0.2) is 6.20 Å². The number of aliphatic hydroxyl groups excluding tert-OH is 1. The quantitative estimate of drug-likeness (QED) is 0.451. The van der Waals surface area contributed by atoms with Gasteiger partial charge in [0.05, 0.1) is 12.8 Å². The fourth-order valence-corrected chi connectivity index (χ4v) is 2.35. The van der Waals surface area contributed by atoms with Crippen LogP contribution in [0.4, 0.5) is 0 Å². The van der Waals surface area contributed by atoms with Crippen LogP contribution in [0.3, 0.4) is 0 Å².